The summed E-state index contributed by atoms with van der Waals surface area (Å²) < 4.78 is 42.8. The van der Waals surface area contributed by atoms with Gasteiger partial charge in [0, 0.05) is 57.6 Å². The van der Waals surface area contributed by atoms with E-state index >= 15 is 0 Å². The number of carbonyl (C=O) groups is 2. The summed E-state index contributed by atoms with van der Waals surface area (Å²) in [6.45, 7) is 6.44. The Labute approximate surface area is 279 Å². The number of benzene rings is 1. The van der Waals surface area contributed by atoms with Crippen LogP contribution in [0.15, 0.2) is 35.7 Å². The number of nitrogens with one attached hydrogen (secondary N) is 2. The van der Waals surface area contributed by atoms with Crippen molar-refractivity contribution in [3.05, 3.63) is 36.3 Å². The topological polar surface area (TPSA) is 155 Å². The SMILES string of the molecule is C[C@@H]1CCCCO[C@@H](CN(C)C(=O)NC2CCCCC2)[C@@H](C)CN([C@H](C)CO)C(=O)c2cc(NS(=O)(=O)c3cn(C)cn3)ccc2O1. The lowest BCUT2D eigenvalue weighted by atomic mass is 9.96. The molecule has 47 heavy (non-hydrogen) atoms. The standard InChI is InChI=1S/C33H52N6O7S/c1-23-18-39(24(2)21-40)32(41)28-17-27(36-47(43,44)31-20-37(4)22-34-31)14-15-29(28)46-25(3)11-9-10-16-45-30(23)19-38(5)33(42)35-26-12-7-6-8-13-26/h14-15,17,20,22-26,30,36,40H,6-13,16,18-19,21H2,1-5H3,(H,35,42)/t23-,24+,25+,30-/m0/s1. The molecule has 2 aliphatic rings. The molecule has 0 bridgehead atoms. The minimum atomic E-state index is -4.02. The minimum Gasteiger partial charge on any atom is -0.490 e. The number of aliphatic hydroxyl groups is 1. The van der Waals surface area contributed by atoms with Gasteiger partial charge in [0.2, 0.25) is 0 Å². The van der Waals surface area contributed by atoms with Crippen LogP contribution in [0.3, 0.4) is 0 Å². The molecule has 13 nitrogen and oxygen atoms in total. The van der Waals surface area contributed by atoms with Crippen LogP contribution in [0.1, 0.15) is 82.5 Å². The minimum absolute atomic E-state index is 0.135. The molecule has 2 heterocycles. The van der Waals surface area contributed by atoms with Gasteiger partial charge < -0.3 is 34.3 Å². The van der Waals surface area contributed by atoms with E-state index in [1.165, 1.54) is 29.6 Å². The van der Waals surface area contributed by atoms with Crippen molar-refractivity contribution in [1.82, 2.24) is 24.7 Å². The van der Waals surface area contributed by atoms with Gasteiger partial charge in [0.1, 0.15) is 5.75 Å². The van der Waals surface area contributed by atoms with Gasteiger partial charge in [-0.05, 0) is 64.2 Å². The molecule has 1 aromatic carbocycles. The normalized spacial score (nSPS) is 22.8. The van der Waals surface area contributed by atoms with E-state index in [-0.39, 0.29) is 59.6 Å². The number of carbonyl (C=O) groups excluding carboxylic acids is 2. The quantitative estimate of drug-likeness (QED) is 0.379. The second-order valence-electron chi connectivity index (χ2n) is 13.2. The lowest BCUT2D eigenvalue weighted by Crippen LogP contribution is -2.50. The number of hydrogen-bond acceptors (Lipinski definition) is 8. The van der Waals surface area contributed by atoms with Crippen molar-refractivity contribution in [2.45, 2.75) is 101 Å². The predicted molar refractivity (Wildman–Crippen MR) is 179 cm³/mol. The van der Waals surface area contributed by atoms with Crippen LogP contribution in [0.2, 0.25) is 0 Å². The molecule has 1 fully saturated rings. The molecule has 1 saturated carbocycles. The Bertz CT molecular complexity index is 1440. The number of anilines is 1. The second-order valence-corrected chi connectivity index (χ2v) is 14.8. The number of aryl methyl sites for hydroxylation is 1. The molecule has 0 spiro atoms. The van der Waals surface area contributed by atoms with Crippen LogP contribution in [0.5, 0.6) is 5.75 Å². The molecule has 0 saturated heterocycles. The number of imidazole rings is 1. The molecule has 1 aromatic heterocycles. The van der Waals surface area contributed by atoms with Crippen LogP contribution in [0.4, 0.5) is 10.5 Å². The highest BCUT2D eigenvalue weighted by Gasteiger charge is 2.31. The Hall–Kier alpha value is -3.36. The Kier molecular flexibility index (Phi) is 12.9. The lowest BCUT2D eigenvalue weighted by Gasteiger charge is -2.36. The number of urea groups is 1. The Morgan fingerprint density at radius 2 is 1.87 bits per heavy atom. The van der Waals surface area contributed by atoms with Crippen LogP contribution < -0.4 is 14.8 Å². The van der Waals surface area contributed by atoms with Gasteiger partial charge in [-0.15, -0.1) is 0 Å². The van der Waals surface area contributed by atoms with Gasteiger partial charge in [0.05, 0.1) is 36.7 Å². The number of ether oxygens (including phenoxy) is 2. The van der Waals surface area contributed by atoms with Gasteiger partial charge in [0.15, 0.2) is 5.03 Å². The van der Waals surface area contributed by atoms with Crippen LogP contribution in [0.25, 0.3) is 0 Å². The first-order valence-electron chi connectivity index (χ1n) is 16.7. The highest BCUT2D eigenvalue weighted by Crippen LogP contribution is 2.29. The van der Waals surface area contributed by atoms with Gasteiger partial charge >= 0.3 is 6.03 Å². The molecule has 2 aromatic rings. The van der Waals surface area contributed by atoms with Gasteiger partial charge in [0.25, 0.3) is 15.9 Å². The Morgan fingerprint density at radius 3 is 2.55 bits per heavy atom. The molecule has 4 rings (SSSR count). The zero-order chi connectivity index (χ0) is 34.1. The average Bonchev–Trinajstić information content (AvgIpc) is 3.50. The first-order valence-corrected chi connectivity index (χ1v) is 18.2. The summed E-state index contributed by atoms with van der Waals surface area (Å²) in [4.78, 5) is 34.6. The van der Waals surface area contributed by atoms with Crippen molar-refractivity contribution in [1.29, 1.82) is 0 Å². The average molecular weight is 677 g/mol. The third kappa shape index (κ3) is 10.1. The number of rotatable bonds is 8. The summed E-state index contributed by atoms with van der Waals surface area (Å²) in [5.41, 5.74) is 0.348. The molecule has 262 valence electrons. The number of sulfonamides is 1. The Balaban J connectivity index is 1.60. The first kappa shape index (κ1) is 36.5. The molecule has 4 atom stereocenters. The molecule has 14 heteroatoms. The van der Waals surface area contributed by atoms with Crippen LogP contribution in [-0.2, 0) is 21.8 Å². The van der Waals surface area contributed by atoms with E-state index in [1.54, 1.807) is 43.0 Å². The fourth-order valence-corrected chi connectivity index (χ4v) is 7.10. The van der Waals surface area contributed by atoms with Crippen LogP contribution >= 0.6 is 0 Å². The van der Waals surface area contributed by atoms with Crippen LogP contribution in [-0.4, -0.2) is 102 Å². The summed E-state index contributed by atoms with van der Waals surface area (Å²) >= 11 is 0. The van der Waals surface area contributed by atoms with Gasteiger partial charge in [-0.3, -0.25) is 9.52 Å². The van der Waals surface area contributed by atoms with E-state index in [4.69, 9.17) is 9.47 Å². The van der Waals surface area contributed by atoms with E-state index in [0.29, 0.717) is 25.3 Å². The number of likely N-dealkylation sites (N-methyl/N-ethyl adjacent to an activating group) is 1. The van der Waals surface area contributed by atoms with E-state index in [9.17, 15) is 23.1 Å². The van der Waals surface area contributed by atoms with Gasteiger partial charge in [-0.25, -0.2) is 9.78 Å². The summed E-state index contributed by atoms with van der Waals surface area (Å²) in [6, 6.07) is 4.11. The maximum absolute atomic E-state index is 14.3. The van der Waals surface area contributed by atoms with Gasteiger partial charge in [-0.2, -0.15) is 8.42 Å². The third-order valence-electron chi connectivity index (χ3n) is 8.99. The number of aliphatic hydroxyl groups excluding tert-OH is 1. The second kappa shape index (κ2) is 16.6. The van der Waals surface area contributed by atoms with Crippen molar-refractivity contribution >= 4 is 27.6 Å². The monoisotopic (exact) mass is 676 g/mol. The highest BCUT2D eigenvalue weighted by molar-refractivity contribution is 7.92. The summed E-state index contributed by atoms with van der Waals surface area (Å²) in [5.74, 6) is -0.302. The largest absolute Gasteiger partial charge is 0.490 e. The Morgan fingerprint density at radius 1 is 1.15 bits per heavy atom. The molecule has 3 amide bonds. The van der Waals surface area contributed by atoms with Crippen molar-refractivity contribution < 1.29 is 32.6 Å². The van der Waals surface area contributed by atoms with E-state index < -0.39 is 22.0 Å². The molecule has 0 unspecified atom stereocenters. The van der Waals surface area contributed by atoms with Crippen molar-refractivity contribution in [3.63, 3.8) is 0 Å². The highest BCUT2D eigenvalue weighted by atomic mass is 32.2. The zero-order valence-electron chi connectivity index (χ0n) is 28.4. The van der Waals surface area contributed by atoms with E-state index in [1.807, 2.05) is 13.8 Å². The van der Waals surface area contributed by atoms with E-state index in [0.717, 1.165) is 38.5 Å². The first-order chi connectivity index (χ1) is 22.4. The number of nitrogens with zero attached hydrogens (tertiary/aromatic N) is 4. The van der Waals surface area contributed by atoms with Gasteiger partial charge in [-0.1, -0.05) is 26.2 Å². The number of fused-ring (bicyclic) bond motifs is 1. The number of aromatic nitrogens is 2. The molecular formula is C33H52N6O7S. The van der Waals surface area contributed by atoms with Crippen LogP contribution in [0, 0.1) is 5.92 Å². The smallest absolute Gasteiger partial charge is 0.317 e. The number of amides is 3. The van der Waals surface area contributed by atoms with E-state index in [2.05, 4.69) is 15.0 Å². The summed E-state index contributed by atoms with van der Waals surface area (Å²) in [5, 5.41) is 13.2. The zero-order valence-corrected chi connectivity index (χ0v) is 29.2. The fourth-order valence-electron chi connectivity index (χ4n) is 6.07. The molecule has 0 radical (unpaired) electrons. The fraction of sp³-hybridized carbons (Fsp3) is 0.667. The summed E-state index contributed by atoms with van der Waals surface area (Å²) in [7, 11) is -0.577. The molecule has 3 N–H and O–H groups in total. The molecule has 1 aliphatic heterocycles. The van der Waals surface area contributed by atoms with Crippen molar-refractivity contribution in [3.8, 4) is 5.75 Å². The van der Waals surface area contributed by atoms with Crippen molar-refractivity contribution in [2.24, 2.45) is 13.0 Å². The lowest BCUT2D eigenvalue weighted by molar-refractivity contribution is -0.0123. The maximum atomic E-state index is 14.3. The molecular weight excluding hydrogens is 624 g/mol. The van der Waals surface area contributed by atoms with Crippen molar-refractivity contribution in [2.75, 3.05) is 38.1 Å². The third-order valence-corrected chi connectivity index (χ3v) is 10.3. The predicted octanol–water partition coefficient (Wildman–Crippen LogP) is 3.99. The summed E-state index contributed by atoms with van der Waals surface area (Å²) in [6.07, 6.45) is 9.95. The number of hydrogen-bond donors (Lipinski definition) is 3. The molecule has 1 aliphatic carbocycles. The maximum Gasteiger partial charge on any atom is 0.317 e.